The summed E-state index contributed by atoms with van der Waals surface area (Å²) in [6, 6.07) is 6.38. The number of hydrogen-bond acceptors (Lipinski definition) is 3. The molecule has 0 aliphatic carbocycles. The number of aryl methyl sites for hydroxylation is 2. The second kappa shape index (κ2) is 7.02. The van der Waals surface area contributed by atoms with Gasteiger partial charge in [-0.05, 0) is 50.9 Å². The maximum atomic E-state index is 12.6. The number of carbonyl (C=O) groups is 1. The van der Waals surface area contributed by atoms with Crippen molar-refractivity contribution < 1.29 is 9.90 Å². The van der Waals surface area contributed by atoms with Crippen molar-refractivity contribution in [3.8, 4) is 0 Å². The fourth-order valence-corrected chi connectivity index (χ4v) is 3.85. The Labute approximate surface area is 139 Å². The molecule has 0 saturated carbocycles. The summed E-state index contributed by atoms with van der Waals surface area (Å²) in [6.07, 6.45) is 3.73. The van der Waals surface area contributed by atoms with Crippen LogP contribution in [0.3, 0.4) is 0 Å². The maximum Gasteiger partial charge on any atom is 0.227 e. The fraction of sp³-hybridized carbons (Fsp3) is 0.632. The summed E-state index contributed by atoms with van der Waals surface area (Å²) in [7, 11) is 0. The lowest BCUT2D eigenvalue weighted by Gasteiger charge is -2.33. The summed E-state index contributed by atoms with van der Waals surface area (Å²) < 4.78 is 0. The third-order valence-electron chi connectivity index (χ3n) is 5.32. The molecule has 2 aliphatic rings. The van der Waals surface area contributed by atoms with Crippen LogP contribution < -0.4 is 0 Å². The van der Waals surface area contributed by atoms with E-state index in [4.69, 9.17) is 0 Å². The van der Waals surface area contributed by atoms with Gasteiger partial charge in [0.2, 0.25) is 5.91 Å². The van der Waals surface area contributed by atoms with Crippen LogP contribution in [0.15, 0.2) is 18.2 Å². The molecule has 126 valence electrons. The molecule has 0 radical (unpaired) electrons. The van der Waals surface area contributed by atoms with Crippen molar-refractivity contribution in [2.45, 2.75) is 51.7 Å². The summed E-state index contributed by atoms with van der Waals surface area (Å²) in [5.41, 5.74) is 3.45. The molecule has 4 heteroatoms. The van der Waals surface area contributed by atoms with Crippen molar-refractivity contribution in [1.29, 1.82) is 0 Å². The largest absolute Gasteiger partial charge is 0.390 e. The molecule has 2 aliphatic heterocycles. The van der Waals surface area contributed by atoms with Crippen LogP contribution in [-0.2, 0) is 11.2 Å². The van der Waals surface area contributed by atoms with E-state index in [9.17, 15) is 9.90 Å². The molecule has 23 heavy (non-hydrogen) atoms. The van der Waals surface area contributed by atoms with E-state index in [-0.39, 0.29) is 11.9 Å². The van der Waals surface area contributed by atoms with Crippen molar-refractivity contribution in [2.75, 3.05) is 26.2 Å². The molecule has 2 heterocycles. The first-order chi connectivity index (χ1) is 11.0. The van der Waals surface area contributed by atoms with Crippen molar-refractivity contribution >= 4 is 5.91 Å². The number of benzene rings is 1. The fourth-order valence-electron chi connectivity index (χ4n) is 3.85. The van der Waals surface area contributed by atoms with Gasteiger partial charge in [-0.15, -0.1) is 0 Å². The minimum absolute atomic E-state index is 0.123. The monoisotopic (exact) mass is 316 g/mol. The molecule has 2 fully saturated rings. The zero-order valence-electron chi connectivity index (χ0n) is 14.3. The Morgan fingerprint density at radius 3 is 2.65 bits per heavy atom. The lowest BCUT2D eigenvalue weighted by molar-refractivity contribution is -0.129. The van der Waals surface area contributed by atoms with Gasteiger partial charge >= 0.3 is 0 Å². The topological polar surface area (TPSA) is 43.8 Å². The average molecular weight is 316 g/mol. The molecule has 0 aromatic heterocycles. The van der Waals surface area contributed by atoms with Gasteiger partial charge in [0.05, 0.1) is 18.6 Å². The number of hydrogen-bond donors (Lipinski definition) is 1. The SMILES string of the molecule is Cc1ccc(C)c(CC(=O)N2CC(O)C(N3CCCCC3)C2)c1. The Kier molecular flexibility index (Phi) is 5.02. The Bertz CT molecular complexity index is 566. The molecule has 3 rings (SSSR count). The van der Waals surface area contributed by atoms with Crippen molar-refractivity contribution in [3.05, 3.63) is 34.9 Å². The van der Waals surface area contributed by atoms with Crippen LogP contribution in [0.25, 0.3) is 0 Å². The van der Waals surface area contributed by atoms with E-state index in [2.05, 4.69) is 36.9 Å². The molecule has 4 nitrogen and oxygen atoms in total. The molecular formula is C19H28N2O2. The van der Waals surface area contributed by atoms with Gasteiger partial charge in [-0.25, -0.2) is 0 Å². The summed E-state index contributed by atoms with van der Waals surface area (Å²) in [5, 5.41) is 10.4. The Morgan fingerprint density at radius 2 is 1.91 bits per heavy atom. The molecule has 0 spiro atoms. The Hall–Kier alpha value is -1.39. The molecule has 2 saturated heterocycles. The van der Waals surface area contributed by atoms with E-state index in [0.717, 1.165) is 24.2 Å². The predicted molar refractivity (Wildman–Crippen MR) is 91.4 cm³/mol. The first kappa shape index (κ1) is 16.5. The third-order valence-corrected chi connectivity index (χ3v) is 5.32. The summed E-state index contributed by atoms with van der Waals surface area (Å²) >= 11 is 0. The summed E-state index contributed by atoms with van der Waals surface area (Å²) in [4.78, 5) is 16.9. The number of likely N-dealkylation sites (tertiary alicyclic amines) is 2. The van der Waals surface area contributed by atoms with Crippen molar-refractivity contribution in [3.63, 3.8) is 0 Å². The lowest BCUT2D eigenvalue weighted by atomic mass is 10.0. The van der Waals surface area contributed by atoms with E-state index >= 15 is 0 Å². The van der Waals surface area contributed by atoms with Gasteiger partial charge in [0.1, 0.15) is 0 Å². The molecule has 1 amide bonds. The Morgan fingerprint density at radius 1 is 1.17 bits per heavy atom. The molecule has 1 N–H and O–H groups in total. The second-order valence-electron chi connectivity index (χ2n) is 7.14. The zero-order valence-corrected chi connectivity index (χ0v) is 14.3. The Balaban J connectivity index is 1.63. The van der Waals surface area contributed by atoms with E-state index < -0.39 is 6.10 Å². The van der Waals surface area contributed by atoms with Crippen LogP contribution in [-0.4, -0.2) is 59.1 Å². The smallest absolute Gasteiger partial charge is 0.227 e. The van der Waals surface area contributed by atoms with Crippen molar-refractivity contribution in [2.24, 2.45) is 0 Å². The van der Waals surface area contributed by atoms with Crippen LogP contribution in [0, 0.1) is 13.8 Å². The van der Waals surface area contributed by atoms with Gasteiger partial charge < -0.3 is 10.0 Å². The second-order valence-corrected chi connectivity index (χ2v) is 7.14. The van der Waals surface area contributed by atoms with E-state index in [0.29, 0.717) is 19.5 Å². The van der Waals surface area contributed by atoms with Crippen LogP contribution in [0.5, 0.6) is 0 Å². The van der Waals surface area contributed by atoms with Crippen LogP contribution in [0.2, 0.25) is 0 Å². The van der Waals surface area contributed by atoms with E-state index in [1.54, 1.807) is 0 Å². The molecule has 2 atom stereocenters. The summed E-state index contributed by atoms with van der Waals surface area (Å²) in [6.45, 7) is 7.37. The number of rotatable bonds is 3. The van der Waals surface area contributed by atoms with Gasteiger partial charge in [-0.3, -0.25) is 9.69 Å². The van der Waals surface area contributed by atoms with Crippen LogP contribution >= 0.6 is 0 Å². The number of aliphatic hydroxyl groups is 1. The molecule has 1 aromatic rings. The molecule has 0 bridgehead atoms. The van der Waals surface area contributed by atoms with Gasteiger partial charge in [-0.1, -0.05) is 30.2 Å². The summed E-state index contributed by atoms with van der Waals surface area (Å²) in [5.74, 6) is 0.136. The predicted octanol–water partition coefficient (Wildman–Crippen LogP) is 1.90. The van der Waals surface area contributed by atoms with Gasteiger partial charge in [0, 0.05) is 13.1 Å². The maximum absolute atomic E-state index is 12.6. The highest BCUT2D eigenvalue weighted by Crippen LogP contribution is 2.22. The standard InChI is InChI=1S/C19H28N2O2/c1-14-6-7-15(2)16(10-14)11-19(23)21-12-17(18(22)13-21)20-8-4-3-5-9-20/h6-7,10,17-18,22H,3-5,8-9,11-13H2,1-2H3. The van der Waals surface area contributed by atoms with Gasteiger partial charge in [0.25, 0.3) is 0 Å². The lowest BCUT2D eigenvalue weighted by Crippen LogP contribution is -2.46. The first-order valence-electron chi connectivity index (χ1n) is 8.80. The minimum atomic E-state index is -0.407. The van der Waals surface area contributed by atoms with E-state index in [1.807, 2.05) is 4.90 Å². The highest BCUT2D eigenvalue weighted by atomic mass is 16.3. The molecular weight excluding hydrogens is 288 g/mol. The highest BCUT2D eigenvalue weighted by Gasteiger charge is 2.37. The van der Waals surface area contributed by atoms with Crippen LogP contribution in [0.4, 0.5) is 0 Å². The average Bonchev–Trinajstić information content (AvgIpc) is 2.94. The normalized spacial score (nSPS) is 25.8. The van der Waals surface area contributed by atoms with Gasteiger partial charge in [-0.2, -0.15) is 0 Å². The van der Waals surface area contributed by atoms with Crippen LogP contribution in [0.1, 0.15) is 36.0 Å². The zero-order chi connectivity index (χ0) is 16.4. The number of amides is 1. The molecule has 1 aromatic carbocycles. The minimum Gasteiger partial charge on any atom is -0.390 e. The number of aliphatic hydroxyl groups excluding tert-OH is 1. The number of piperidine rings is 1. The van der Waals surface area contributed by atoms with E-state index in [1.165, 1.54) is 24.8 Å². The highest BCUT2D eigenvalue weighted by molar-refractivity contribution is 5.79. The first-order valence-corrected chi connectivity index (χ1v) is 8.80. The number of carbonyl (C=O) groups excluding carboxylic acids is 1. The van der Waals surface area contributed by atoms with Crippen molar-refractivity contribution in [1.82, 2.24) is 9.80 Å². The molecule has 2 unspecified atom stereocenters. The van der Waals surface area contributed by atoms with Gasteiger partial charge in [0.15, 0.2) is 0 Å². The quantitative estimate of drug-likeness (QED) is 0.926. The third kappa shape index (κ3) is 3.75. The number of β-amino-alcohol motifs (C(OH)–C–C–N with tert-alkyl or cyclic N) is 1. The number of nitrogens with zero attached hydrogens (tertiary/aromatic N) is 2.